The summed E-state index contributed by atoms with van der Waals surface area (Å²) in [4.78, 5) is 13.7. The standard InChI is InChI=1S/C13H15BrFNO2/c1-2-16(9-3-4-9)13(17)8-18-10-5-6-12(15)11(14)7-10/h5-7,9H,2-4,8H2,1H3. The van der Waals surface area contributed by atoms with Gasteiger partial charge in [0.05, 0.1) is 4.47 Å². The van der Waals surface area contributed by atoms with Gasteiger partial charge in [-0.15, -0.1) is 0 Å². The summed E-state index contributed by atoms with van der Waals surface area (Å²) in [5.74, 6) is 0.130. The van der Waals surface area contributed by atoms with Crippen LogP contribution in [0.15, 0.2) is 22.7 Å². The molecular formula is C13H15BrFNO2. The van der Waals surface area contributed by atoms with Gasteiger partial charge in [0.1, 0.15) is 11.6 Å². The Morgan fingerprint density at radius 1 is 1.56 bits per heavy atom. The van der Waals surface area contributed by atoms with Gasteiger partial charge in [-0.2, -0.15) is 0 Å². The van der Waals surface area contributed by atoms with Crippen molar-refractivity contribution in [3.8, 4) is 5.75 Å². The van der Waals surface area contributed by atoms with Crippen LogP contribution >= 0.6 is 15.9 Å². The Hall–Kier alpha value is -1.10. The third kappa shape index (κ3) is 3.22. The first-order valence-corrected chi connectivity index (χ1v) is 6.78. The summed E-state index contributed by atoms with van der Waals surface area (Å²) >= 11 is 3.08. The topological polar surface area (TPSA) is 29.5 Å². The van der Waals surface area contributed by atoms with Crippen molar-refractivity contribution in [3.63, 3.8) is 0 Å². The highest BCUT2D eigenvalue weighted by atomic mass is 79.9. The largest absolute Gasteiger partial charge is 0.484 e. The number of amides is 1. The van der Waals surface area contributed by atoms with Gasteiger partial charge < -0.3 is 9.64 Å². The summed E-state index contributed by atoms with van der Waals surface area (Å²) in [5.41, 5.74) is 0. The molecule has 98 valence electrons. The number of carbonyl (C=O) groups excluding carboxylic acids is 1. The molecule has 0 bridgehead atoms. The van der Waals surface area contributed by atoms with Crippen LogP contribution in [0.2, 0.25) is 0 Å². The minimum atomic E-state index is -0.346. The van der Waals surface area contributed by atoms with Crippen LogP contribution in [0, 0.1) is 5.82 Å². The van der Waals surface area contributed by atoms with Gasteiger partial charge in [0.25, 0.3) is 5.91 Å². The van der Waals surface area contributed by atoms with E-state index in [2.05, 4.69) is 15.9 Å². The molecule has 3 nitrogen and oxygen atoms in total. The first-order valence-electron chi connectivity index (χ1n) is 5.99. The highest BCUT2D eigenvalue weighted by Gasteiger charge is 2.31. The van der Waals surface area contributed by atoms with Gasteiger partial charge in [0.2, 0.25) is 0 Å². The van der Waals surface area contributed by atoms with E-state index in [-0.39, 0.29) is 18.3 Å². The zero-order valence-electron chi connectivity index (χ0n) is 10.2. The third-order valence-electron chi connectivity index (χ3n) is 2.90. The van der Waals surface area contributed by atoms with E-state index < -0.39 is 0 Å². The molecule has 2 rings (SSSR count). The lowest BCUT2D eigenvalue weighted by Gasteiger charge is -2.20. The van der Waals surface area contributed by atoms with E-state index in [0.717, 1.165) is 12.8 Å². The maximum atomic E-state index is 13.0. The van der Waals surface area contributed by atoms with Crippen molar-refractivity contribution in [2.45, 2.75) is 25.8 Å². The molecule has 0 aliphatic heterocycles. The molecule has 0 atom stereocenters. The predicted molar refractivity (Wildman–Crippen MR) is 70.0 cm³/mol. The highest BCUT2D eigenvalue weighted by molar-refractivity contribution is 9.10. The fourth-order valence-electron chi connectivity index (χ4n) is 1.82. The van der Waals surface area contributed by atoms with Gasteiger partial charge in [-0.3, -0.25) is 4.79 Å². The van der Waals surface area contributed by atoms with E-state index in [1.165, 1.54) is 18.2 Å². The smallest absolute Gasteiger partial charge is 0.260 e. The lowest BCUT2D eigenvalue weighted by atomic mass is 10.3. The SMILES string of the molecule is CCN(C(=O)COc1ccc(F)c(Br)c1)C1CC1. The monoisotopic (exact) mass is 315 g/mol. The molecule has 0 spiro atoms. The van der Waals surface area contributed by atoms with E-state index in [9.17, 15) is 9.18 Å². The van der Waals surface area contributed by atoms with Crippen molar-refractivity contribution in [3.05, 3.63) is 28.5 Å². The second-order valence-electron chi connectivity index (χ2n) is 4.28. The fourth-order valence-corrected chi connectivity index (χ4v) is 2.18. The average molecular weight is 316 g/mol. The summed E-state index contributed by atoms with van der Waals surface area (Å²) in [6, 6.07) is 4.74. The molecule has 5 heteroatoms. The Morgan fingerprint density at radius 2 is 2.28 bits per heavy atom. The van der Waals surface area contributed by atoms with Crippen LogP contribution in [-0.2, 0) is 4.79 Å². The molecule has 1 amide bonds. The van der Waals surface area contributed by atoms with Gasteiger partial charge >= 0.3 is 0 Å². The van der Waals surface area contributed by atoms with E-state index in [1.54, 1.807) is 0 Å². The average Bonchev–Trinajstić information content (AvgIpc) is 3.16. The maximum Gasteiger partial charge on any atom is 0.260 e. The Kier molecular flexibility index (Phi) is 4.22. The van der Waals surface area contributed by atoms with Crippen molar-refractivity contribution in [1.29, 1.82) is 0 Å². The number of rotatable bonds is 5. The molecule has 1 aliphatic carbocycles. The molecule has 0 saturated heterocycles. The quantitative estimate of drug-likeness (QED) is 0.836. The Morgan fingerprint density at radius 3 is 2.83 bits per heavy atom. The van der Waals surface area contributed by atoms with Crippen LogP contribution < -0.4 is 4.74 Å². The van der Waals surface area contributed by atoms with E-state index in [4.69, 9.17) is 4.74 Å². The minimum absolute atomic E-state index is 0.00239. The summed E-state index contributed by atoms with van der Waals surface area (Å²) in [6.07, 6.45) is 2.17. The lowest BCUT2D eigenvalue weighted by Crippen LogP contribution is -2.36. The van der Waals surface area contributed by atoms with Crippen LogP contribution in [0.5, 0.6) is 5.75 Å². The lowest BCUT2D eigenvalue weighted by molar-refractivity contribution is -0.133. The summed E-state index contributed by atoms with van der Waals surface area (Å²) < 4.78 is 18.7. The van der Waals surface area contributed by atoms with Gasteiger partial charge in [-0.05, 0) is 53.9 Å². The second kappa shape index (κ2) is 5.69. The van der Waals surface area contributed by atoms with E-state index in [1.807, 2.05) is 11.8 Å². The number of halogens is 2. The van der Waals surface area contributed by atoms with Crippen molar-refractivity contribution < 1.29 is 13.9 Å². The highest BCUT2D eigenvalue weighted by Crippen LogP contribution is 2.27. The van der Waals surface area contributed by atoms with Gasteiger partial charge in [-0.1, -0.05) is 0 Å². The van der Waals surface area contributed by atoms with Crippen LogP contribution in [0.25, 0.3) is 0 Å². The maximum absolute atomic E-state index is 13.0. The molecule has 0 heterocycles. The first-order chi connectivity index (χ1) is 8.61. The number of nitrogens with zero attached hydrogens (tertiary/aromatic N) is 1. The first kappa shape index (κ1) is 13.3. The molecule has 1 aromatic rings. The van der Waals surface area contributed by atoms with Crippen molar-refractivity contribution >= 4 is 21.8 Å². The summed E-state index contributed by atoms with van der Waals surface area (Å²) in [7, 11) is 0. The van der Waals surface area contributed by atoms with E-state index >= 15 is 0 Å². The predicted octanol–water partition coefficient (Wildman–Crippen LogP) is 2.98. The normalized spacial score (nSPS) is 14.4. The molecule has 1 fully saturated rings. The van der Waals surface area contributed by atoms with Gasteiger partial charge in [0, 0.05) is 12.6 Å². The molecule has 0 radical (unpaired) electrons. The van der Waals surface area contributed by atoms with Gasteiger partial charge in [0.15, 0.2) is 6.61 Å². The molecular weight excluding hydrogens is 301 g/mol. The molecule has 1 saturated carbocycles. The summed E-state index contributed by atoms with van der Waals surface area (Å²) in [6.45, 7) is 2.67. The van der Waals surface area contributed by atoms with Crippen molar-refractivity contribution in [1.82, 2.24) is 4.90 Å². The Labute approximate surface area is 114 Å². The van der Waals surface area contributed by atoms with Crippen LogP contribution in [0.1, 0.15) is 19.8 Å². The molecule has 0 unspecified atom stereocenters. The molecule has 0 aromatic heterocycles. The number of likely N-dealkylation sites (N-methyl/N-ethyl adjacent to an activating group) is 1. The fraction of sp³-hybridized carbons (Fsp3) is 0.462. The minimum Gasteiger partial charge on any atom is -0.484 e. The number of hydrogen-bond acceptors (Lipinski definition) is 2. The third-order valence-corrected chi connectivity index (χ3v) is 3.51. The molecule has 1 aromatic carbocycles. The Bertz CT molecular complexity index is 449. The van der Waals surface area contributed by atoms with Crippen molar-refractivity contribution in [2.24, 2.45) is 0 Å². The Balaban J connectivity index is 1.90. The number of hydrogen-bond donors (Lipinski definition) is 0. The van der Waals surface area contributed by atoms with E-state index in [0.29, 0.717) is 22.8 Å². The number of carbonyl (C=O) groups is 1. The van der Waals surface area contributed by atoms with Crippen LogP contribution in [-0.4, -0.2) is 30.0 Å². The summed E-state index contributed by atoms with van der Waals surface area (Å²) in [5, 5.41) is 0. The number of benzene rings is 1. The zero-order valence-corrected chi connectivity index (χ0v) is 11.7. The van der Waals surface area contributed by atoms with Crippen molar-refractivity contribution in [2.75, 3.05) is 13.2 Å². The molecule has 0 N–H and O–H groups in total. The van der Waals surface area contributed by atoms with Crippen LogP contribution in [0.3, 0.4) is 0 Å². The molecule has 1 aliphatic rings. The zero-order chi connectivity index (χ0) is 13.1. The van der Waals surface area contributed by atoms with Crippen LogP contribution in [0.4, 0.5) is 4.39 Å². The number of ether oxygens (including phenoxy) is 1. The molecule has 18 heavy (non-hydrogen) atoms. The van der Waals surface area contributed by atoms with Gasteiger partial charge in [-0.25, -0.2) is 4.39 Å². The second-order valence-corrected chi connectivity index (χ2v) is 5.13.